The maximum absolute atomic E-state index is 13.4. The van der Waals surface area contributed by atoms with Crippen molar-refractivity contribution in [3.05, 3.63) is 48.3 Å². The Kier molecular flexibility index (Phi) is 6.62. The number of hydrogen-bond acceptors (Lipinski definition) is 5. The largest absolute Gasteiger partial charge is 0.497 e. The standard InChI is InChI=1S/C18H21FN2O5S/c1-25-15-7-8-17(26-2)16(12-15)20-18(22)9-10-21(27(3,23)24)14-6-4-5-13(19)11-14/h4-8,11-12H,9-10H2,1-3H3,(H,20,22). The molecule has 7 nitrogen and oxygen atoms in total. The van der Waals surface area contributed by atoms with E-state index in [1.54, 1.807) is 18.2 Å². The number of halogens is 1. The average molecular weight is 396 g/mol. The highest BCUT2D eigenvalue weighted by molar-refractivity contribution is 7.92. The summed E-state index contributed by atoms with van der Waals surface area (Å²) in [7, 11) is -0.723. The van der Waals surface area contributed by atoms with Crippen LogP contribution in [0, 0.1) is 5.82 Å². The molecule has 27 heavy (non-hydrogen) atoms. The first kappa shape index (κ1) is 20.5. The van der Waals surface area contributed by atoms with Crippen molar-refractivity contribution in [2.75, 3.05) is 36.6 Å². The van der Waals surface area contributed by atoms with Gasteiger partial charge < -0.3 is 14.8 Å². The molecule has 146 valence electrons. The van der Waals surface area contributed by atoms with E-state index in [0.29, 0.717) is 17.2 Å². The Morgan fingerprint density at radius 3 is 2.48 bits per heavy atom. The van der Waals surface area contributed by atoms with Crippen molar-refractivity contribution >= 4 is 27.3 Å². The second-order valence-electron chi connectivity index (χ2n) is 5.68. The van der Waals surface area contributed by atoms with Crippen molar-refractivity contribution in [1.29, 1.82) is 0 Å². The van der Waals surface area contributed by atoms with Gasteiger partial charge in [-0.15, -0.1) is 0 Å². The van der Waals surface area contributed by atoms with Gasteiger partial charge in [-0.2, -0.15) is 0 Å². The fourth-order valence-corrected chi connectivity index (χ4v) is 3.36. The highest BCUT2D eigenvalue weighted by atomic mass is 32.2. The molecule has 0 radical (unpaired) electrons. The monoisotopic (exact) mass is 396 g/mol. The molecule has 2 aromatic carbocycles. The number of amides is 1. The van der Waals surface area contributed by atoms with Crippen LogP contribution in [0.5, 0.6) is 11.5 Å². The Hall–Kier alpha value is -2.81. The molecular weight excluding hydrogens is 375 g/mol. The number of rotatable bonds is 8. The molecule has 0 spiro atoms. The lowest BCUT2D eigenvalue weighted by molar-refractivity contribution is -0.116. The zero-order chi connectivity index (χ0) is 20.0. The van der Waals surface area contributed by atoms with Crippen LogP contribution in [0.3, 0.4) is 0 Å². The lowest BCUT2D eigenvalue weighted by atomic mass is 10.2. The van der Waals surface area contributed by atoms with Gasteiger partial charge >= 0.3 is 0 Å². The molecule has 0 heterocycles. The maximum atomic E-state index is 13.4. The van der Waals surface area contributed by atoms with Gasteiger partial charge in [-0.3, -0.25) is 9.10 Å². The minimum absolute atomic E-state index is 0.135. The molecule has 0 aliphatic heterocycles. The number of sulfonamides is 1. The van der Waals surface area contributed by atoms with Crippen LogP contribution in [0.4, 0.5) is 15.8 Å². The van der Waals surface area contributed by atoms with Crippen LogP contribution in [0.25, 0.3) is 0 Å². The number of anilines is 2. The van der Waals surface area contributed by atoms with E-state index in [-0.39, 0.29) is 18.7 Å². The summed E-state index contributed by atoms with van der Waals surface area (Å²) in [6, 6.07) is 10.1. The first-order valence-corrected chi connectivity index (χ1v) is 9.84. The summed E-state index contributed by atoms with van der Waals surface area (Å²) in [5, 5.41) is 2.67. The Morgan fingerprint density at radius 2 is 1.89 bits per heavy atom. The summed E-state index contributed by atoms with van der Waals surface area (Å²) < 4.78 is 48.8. The van der Waals surface area contributed by atoms with Crippen molar-refractivity contribution in [1.82, 2.24) is 0 Å². The molecule has 0 fully saturated rings. The topological polar surface area (TPSA) is 84.9 Å². The van der Waals surface area contributed by atoms with Crippen molar-refractivity contribution in [3.8, 4) is 11.5 Å². The molecule has 0 aliphatic carbocycles. The lowest BCUT2D eigenvalue weighted by Crippen LogP contribution is -2.33. The van der Waals surface area contributed by atoms with Gasteiger partial charge in [0.1, 0.15) is 17.3 Å². The summed E-state index contributed by atoms with van der Waals surface area (Å²) in [6.45, 7) is -0.138. The second-order valence-corrected chi connectivity index (χ2v) is 7.59. The Bertz CT molecular complexity index is 918. The minimum atomic E-state index is -3.68. The predicted octanol–water partition coefficient (Wildman–Crippen LogP) is 2.64. The van der Waals surface area contributed by atoms with Crippen LogP contribution in [-0.2, 0) is 14.8 Å². The molecule has 0 bridgehead atoms. The maximum Gasteiger partial charge on any atom is 0.232 e. The normalized spacial score (nSPS) is 11.0. The van der Waals surface area contributed by atoms with Gasteiger partial charge in [0.2, 0.25) is 15.9 Å². The van der Waals surface area contributed by atoms with Gasteiger partial charge in [-0.25, -0.2) is 12.8 Å². The molecule has 0 atom stereocenters. The second kappa shape index (κ2) is 8.72. The number of methoxy groups -OCH3 is 2. The van der Waals surface area contributed by atoms with Gasteiger partial charge in [0.25, 0.3) is 0 Å². The summed E-state index contributed by atoms with van der Waals surface area (Å²) in [6.07, 6.45) is 0.866. The smallest absolute Gasteiger partial charge is 0.232 e. The van der Waals surface area contributed by atoms with E-state index in [4.69, 9.17) is 9.47 Å². The Morgan fingerprint density at radius 1 is 1.15 bits per heavy atom. The van der Waals surface area contributed by atoms with Crippen LogP contribution in [-0.4, -0.2) is 41.3 Å². The zero-order valence-electron chi connectivity index (χ0n) is 15.2. The van der Waals surface area contributed by atoms with Crippen LogP contribution in [0.1, 0.15) is 6.42 Å². The Labute approximate surface area is 157 Å². The quantitative estimate of drug-likeness (QED) is 0.742. The third kappa shape index (κ3) is 5.58. The molecular formula is C18H21FN2O5S. The molecule has 1 amide bonds. The van der Waals surface area contributed by atoms with Crippen LogP contribution in [0.15, 0.2) is 42.5 Å². The fourth-order valence-electron chi connectivity index (χ4n) is 2.45. The van der Waals surface area contributed by atoms with Gasteiger partial charge in [-0.1, -0.05) is 6.07 Å². The average Bonchev–Trinajstić information content (AvgIpc) is 2.60. The summed E-state index contributed by atoms with van der Waals surface area (Å²) in [5.74, 6) is -0.0174. The number of nitrogens with zero attached hydrogens (tertiary/aromatic N) is 1. The van der Waals surface area contributed by atoms with Gasteiger partial charge in [-0.05, 0) is 30.3 Å². The summed E-state index contributed by atoms with van der Waals surface area (Å²) in [5.41, 5.74) is 0.558. The number of ether oxygens (including phenoxy) is 2. The number of carbonyl (C=O) groups excluding carboxylic acids is 1. The van der Waals surface area contributed by atoms with Gasteiger partial charge in [0.05, 0.1) is 31.9 Å². The molecule has 0 saturated heterocycles. The molecule has 9 heteroatoms. The molecule has 2 aromatic rings. The van der Waals surface area contributed by atoms with E-state index in [1.807, 2.05) is 0 Å². The molecule has 0 aromatic heterocycles. The third-order valence-electron chi connectivity index (χ3n) is 3.72. The number of nitrogens with one attached hydrogen (secondary N) is 1. The highest BCUT2D eigenvalue weighted by Gasteiger charge is 2.19. The van der Waals surface area contributed by atoms with E-state index >= 15 is 0 Å². The summed E-state index contributed by atoms with van der Waals surface area (Å²) >= 11 is 0. The van der Waals surface area contributed by atoms with Crippen LogP contribution >= 0.6 is 0 Å². The molecule has 1 N–H and O–H groups in total. The first-order chi connectivity index (χ1) is 12.7. The van der Waals surface area contributed by atoms with Gasteiger partial charge in [0, 0.05) is 19.0 Å². The minimum Gasteiger partial charge on any atom is -0.497 e. The third-order valence-corrected chi connectivity index (χ3v) is 4.91. The summed E-state index contributed by atoms with van der Waals surface area (Å²) in [4.78, 5) is 12.3. The SMILES string of the molecule is COc1ccc(OC)c(NC(=O)CCN(c2cccc(F)c2)S(C)(=O)=O)c1. The number of hydrogen-bond donors (Lipinski definition) is 1. The molecule has 0 unspecified atom stereocenters. The van der Waals surface area contributed by atoms with E-state index in [9.17, 15) is 17.6 Å². The Balaban J connectivity index is 2.13. The van der Waals surface area contributed by atoms with E-state index < -0.39 is 21.7 Å². The molecule has 2 rings (SSSR count). The van der Waals surface area contributed by atoms with E-state index in [1.165, 1.54) is 32.4 Å². The predicted molar refractivity (Wildman–Crippen MR) is 101 cm³/mol. The first-order valence-electron chi connectivity index (χ1n) is 7.99. The zero-order valence-corrected chi connectivity index (χ0v) is 16.0. The van der Waals surface area contributed by atoms with Crippen molar-refractivity contribution in [2.45, 2.75) is 6.42 Å². The molecule has 0 aliphatic rings. The van der Waals surface area contributed by atoms with E-state index in [2.05, 4.69) is 5.32 Å². The van der Waals surface area contributed by atoms with Crippen molar-refractivity contribution in [2.24, 2.45) is 0 Å². The van der Waals surface area contributed by atoms with Crippen LogP contribution in [0.2, 0.25) is 0 Å². The van der Waals surface area contributed by atoms with Crippen LogP contribution < -0.4 is 19.1 Å². The lowest BCUT2D eigenvalue weighted by Gasteiger charge is -2.22. The highest BCUT2D eigenvalue weighted by Crippen LogP contribution is 2.29. The van der Waals surface area contributed by atoms with Crippen molar-refractivity contribution in [3.63, 3.8) is 0 Å². The number of benzene rings is 2. The van der Waals surface area contributed by atoms with Gasteiger partial charge in [0.15, 0.2) is 0 Å². The number of carbonyl (C=O) groups is 1. The van der Waals surface area contributed by atoms with E-state index in [0.717, 1.165) is 16.6 Å². The molecule has 0 saturated carbocycles. The fraction of sp³-hybridized carbons (Fsp3) is 0.278. The van der Waals surface area contributed by atoms with Crippen molar-refractivity contribution < 1.29 is 27.1 Å².